The van der Waals surface area contributed by atoms with Crippen LogP contribution in [0.2, 0.25) is 0 Å². The molecule has 3 rings (SSSR count). The molecule has 0 aliphatic carbocycles. The largest absolute Gasteiger partial charge is 0.386 e. The van der Waals surface area contributed by atoms with Crippen molar-refractivity contribution < 1.29 is 5.11 Å². The number of aliphatic hydroxyl groups is 1. The minimum atomic E-state index is -0.506. The first kappa shape index (κ1) is 13.5. The molecule has 0 bridgehead atoms. The van der Waals surface area contributed by atoms with Crippen LogP contribution < -0.4 is 0 Å². The number of rotatable bonds is 3. The Kier molecular flexibility index (Phi) is 3.48. The third kappa shape index (κ3) is 2.21. The highest BCUT2D eigenvalue weighted by Gasteiger charge is 2.37. The molecule has 1 unspecified atom stereocenters. The lowest BCUT2D eigenvalue weighted by Crippen LogP contribution is -2.46. The summed E-state index contributed by atoms with van der Waals surface area (Å²) in [6.45, 7) is 6.43. The molecule has 1 aromatic carbocycles. The number of aliphatic hydroxyl groups excluding tert-OH is 1. The molecular formula is C17H22N2O. The Hall–Kier alpha value is -1.45. The Morgan fingerprint density at radius 2 is 1.90 bits per heavy atom. The second-order valence-electron chi connectivity index (χ2n) is 6.17. The van der Waals surface area contributed by atoms with Crippen LogP contribution in [0.5, 0.6) is 0 Å². The number of benzene rings is 1. The van der Waals surface area contributed by atoms with Gasteiger partial charge in [0.2, 0.25) is 0 Å². The van der Waals surface area contributed by atoms with Gasteiger partial charge in [-0.05, 0) is 57.5 Å². The van der Waals surface area contributed by atoms with Crippen LogP contribution in [0.4, 0.5) is 0 Å². The number of aromatic nitrogens is 1. The van der Waals surface area contributed by atoms with Crippen molar-refractivity contribution in [1.82, 2.24) is 9.88 Å². The predicted octanol–water partition coefficient (Wildman–Crippen LogP) is 3.14. The van der Waals surface area contributed by atoms with Crippen molar-refractivity contribution in [2.45, 2.75) is 38.3 Å². The van der Waals surface area contributed by atoms with E-state index in [-0.39, 0.29) is 5.54 Å². The molecule has 0 radical (unpaired) electrons. The normalized spacial score (nSPS) is 18.6. The lowest BCUT2D eigenvalue weighted by molar-refractivity contribution is 0.00218. The summed E-state index contributed by atoms with van der Waals surface area (Å²) in [7, 11) is 0. The second-order valence-corrected chi connectivity index (χ2v) is 6.17. The molecule has 0 amide bonds. The van der Waals surface area contributed by atoms with Gasteiger partial charge in [-0.3, -0.25) is 9.88 Å². The number of pyridine rings is 1. The minimum absolute atomic E-state index is 0.249. The molecule has 0 saturated carbocycles. The molecule has 1 atom stereocenters. The van der Waals surface area contributed by atoms with Crippen LogP contribution in [0.25, 0.3) is 10.9 Å². The highest BCUT2D eigenvalue weighted by atomic mass is 16.3. The zero-order chi connectivity index (χ0) is 14.2. The molecule has 106 valence electrons. The van der Waals surface area contributed by atoms with Crippen LogP contribution in [0.1, 0.15) is 38.4 Å². The van der Waals surface area contributed by atoms with Gasteiger partial charge in [0.1, 0.15) is 0 Å². The minimum Gasteiger partial charge on any atom is -0.386 e. The maximum atomic E-state index is 10.9. The van der Waals surface area contributed by atoms with E-state index in [1.54, 1.807) is 6.20 Å². The van der Waals surface area contributed by atoms with Gasteiger partial charge >= 0.3 is 0 Å². The average molecular weight is 270 g/mol. The van der Waals surface area contributed by atoms with Crippen LogP contribution in [0.15, 0.2) is 36.5 Å². The van der Waals surface area contributed by atoms with E-state index in [4.69, 9.17) is 0 Å². The molecule has 1 aliphatic heterocycles. The van der Waals surface area contributed by atoms with Gasteiger partial charge in [0, 0.05) is 17.1 Å². The van der Waals surface area contributed by atoms with Crippen LogP contribution >= 0.6 is 0 Å². The van der Waals surface area contributed by atoms with E-state index in [2.05, 4.69) is 23.7 Å². The Labute approximate surface area is 120 Å². The first-order chi connectivity index (χ1) is 9.60. The first-order valence-electron chi connectivity index (χ1n) is 7.37. The molecule has 1 N–H and O–H groups in total. The molecule has 3 nitrogen and oxygen atoms in total. The van der Waals surface area contributed by atoms with Gasteiger partial charge in [0.05, 0.1) is 11.6 Å². The number of likely N-dealkylation sites (tertiary alicyclic amines) is 1. The Bertz CT molecular complexity index is 597. The fourth-order valence-electron chi connectivity index (χ4n) is 3.21. The molecule has 1 aliphatic rings. The van der Waals surface area contributed by atoms with Gasteiger partial charge in [-0.25, -0.2) is 0 Å². The summed E-state index contributed by atoms with van der Waals surface area (Å²) in [5, 5.41) is 12.0. The average Bonchev–Trinajstić information content (AvgIpc) is 3.01. The summed E-state index contributed by atoms with van der Waals surface area (Å²) in [6, 6.07) is 9.97. The van der Waals surface area contributed by atoms with E-state index in [1.807, 2.05) is 30.3 Å². The molecular weight excluding hydrogens is 248 g/mol. The summed E-state index contributed by atoms with van der Waals surface area (Å²) < 4.78 is 0. The maximum Gasteiger partial charge on any atom is 0.0974 e. The van der Waals surface area contributed by atoms with Gasteiger partial charge in [0.25, 0.3) is 0 Å². The Balaban J connectivity index is 2.01. The standard InChI is InChI=1S/C17H22N2O/c1-17(2,19-11-3-4-12-19)16(20)14-7-5-9-15-13(14)8-6-10-18-15/h5-10,16,20H,3-4,11-12H2,1-2H3. The summed E-state index contributed by atoms with van der Waals surface area (Å²) in [6.07, 6.45) is 3.75. The summed E-state index contributed by atoms with van der Waals surface area (Å²) >= 11 is 0. The summed E-state index contributed by atoms with van der Waals surface area (Å²) in [5.41, 5.74) is 1.68. The molecule has 0 spiro atoms. The molecule has 1 saturated heterocycles. The van der Waals surface area contributed by atoms with Gasteiger partial charge in [0.15, 0.2) is 0 Å². The summed E-state index contributed by atoms with van der Waals surface area (Å²) in [4.78, 5) is 6.77. The van der Waals surface area contributed by atoms with Crippen molar-refractivity contribution in [3.05, 3.63) is 42.1 Å². The number of fused-ring (bicyclic) bond motifs is 1. The topological polar surface area (TPSA) is 36.4 Å². The van der Waals surface area contributed by atoms with Crippen molar-refractivity contribution in [1.29, 1.82) is 0 Å². The molecule has 3 heteroatoms. The highest BCUT2D eigenvalue weighted by Crippen LogP contribution is 2.36. The SMILES string of the molecule is CC(C)(C(O)c1cccc2ncccc12)N1CCCC1. The fraction of sp³-hybridized carbons (Fsp3) is 0.471. The lowest BCUT2D eigenvalue weighted by Gasteiger charge is -2.40. The van der Waals surface area contributed by atoms with Crippen molar-refractivity contribution in [2.75, 3.05) is 13.1 Å². The van der Waals surface area contributed by atoms with Crippen molar-refractivity contribution in [3.8, 4) is 0 Å². The molecule has 1 aromatic heterocycles. The van der Waals surface area contributed by atoms with Gasteiger partial charge in [-0.2, -0.15) is 0 Å². The second kappa shape index (κ2) is 5.15. The quantitative estimate of drug-likeness (QED) is 0.931. The van der Waals surface area contributed by atoms with Gasteiger partial charge in [-0.1, -0.05) is 18.2 Å². The van der Waals surface area contributed by atoms with E-state index in [0.717, 1.165) is 29.6 Å². The number of nitrogens with zero attached hydrogens (tertiary/aromatic N) is 2. The zero-order valence-corrected chi connectivity index (χ0v) is 12.2. The van der Waals surface area contributed by atoms with E-state index in [1.165, 1.54) is 12.8 Å². The smallest absolute Gasteiger partial charge is 0.0974 e. The highest BCUT2D eigenvalue weighted by molar-refractivity contribution is 5.82. The van der Waals surface area contributed by atoms with Crippen molar-refractivity contribution in [2.24, 2.45) is 0 Å². The van der Waals surface area contributed by atoms with Crippen molar-refractivity contribution in [3.63, 3.8) is 0 Å². The monoisotopic (exact) mass is 270 g/mol. The van der Waals surface area contributed by atoms with E-state index >= 15 is 0 Å². The fourth-order valence-corrected chi connectivity index (χ4v) is 3.21. The lowest BCUT2D eigenvalue weighted by atomic mass is 9.88. The van der Waals surface area contributed by atoms with Crippen LogP contribution in [-0.4, -0.2) is 33.6 Å². The number of hydrogen-bond donors (Lipinski definition) is 1. The predicted molar refractivity (Wildman–Crippen MR) is 81.6 cm³/mol. The van der Waals surface area contributed by atoms with Crippen molar-refractivity contribution >= 4 is 10.9 Å². The van der Waals surface area contributed by atoms with Crippen LogP contribution in [0.3, 0.4) is 0 Å². The maximum absolute atomic E-state index is 10.9. The molecule has 2 heterocycles. The Morgan fingerprint density at radius 1 is 1.15 bits per heavy atom. The van der Waals surface area contributed by atoms with E-state index in [0.29, 0.717) is 0 Å². The molecule has 2 aromatic rings. The summed E-state index contributed by atoms with van der Waals surface area (Å²) in [5.74, 6) is 0. The third-order valence-corrected chi connectivity index (χ3v) is 4.56. The third-order valence-electron chi connectivity index (χ3n) is 4.56. The Morgan fingerprint density at radius 3 is 2.65 bits per heavy atom. The molecule has 1 fully saturated rings. The number of hydrogen-bond acceptors (Lipinski definition) is 3. The first-order valence-corrected chi connectivity index (χ1v) is 7.37. The van der Waals surface area contributed by atoms with Gasteiger partial charge < -0.3 is 5.11 Å². The van der Waals surface area contributed by atoms with E-state index < -0.39 is 6.10 Å². The van der Waals surface area contributed by atoms with Crippen LogP contribution in [-0.2, 0) is 0 Å². The van der Waals surface area contributed by atoms with Crippen LogP contribution in [0, 0.1) is 0 Å². The van der Waals surface area contributed by atoms with Gasteiger partial charge in [-0.15, -0.1) is 0 Å². The zero-order valence-electron chi connectivity index (χ0n) is 12.2. The molecule has 20 heavy (non-hydrogen) atoms. The van der Waals surface area contributed by atoms with E-state index in [9.17, 15) is 5.11 Å².